The molecule has 5 rings (SSSR count). The molecular formula is C24H22FN7O. The Morgan fingerprint density at radius 2 is 1.97 bits per heavy atom. The van der Waals surface area contributed by atoms with Crippen molar-refractivity contribution in [2.45, 2.75) is 26.4 Å². The van der Waals surface area contributed by atoms with Gasteiger partial charge in [-0.15, -0.1) is 0 Å². The number of rotatable bonds is 5. The molecule has 0 unspecified atom stereocenters. The van der Waals surface area contributed by atoms with Gasteiger partial charge in [-0.05, 0) is 43.3 Å². The molecule has 8 nitrogen and oxygen atoms in total. The monoisotopic (exact) mass is 443 g/mol. The number of carbonyl (C=O) groups excluding carboxylic acids is 1. The number of aryl methyl sites for hydroxylation is 1. The van der Waals surface area contributed by atoms with Gasteiger partial charge in [0, 0.05) is 48.7 Å². The van der Waals surface area contributed by atoms with Crippen molar-refractivity contribution in [3.05, 3.63) is 84.1 Å². The Labute approximate surface area is 190 Å². The van der Waals surface area contributed by atoms with Crippen molar-refractivity contribution in [3.63, 3.8) is 0 Å². The lowest BCUT2D eigenvalue weighted by atomic mass is 10.0. The van der Waals surface area contributed by atoms with E-state index in [4.69, 9.17) is 9.97 Å². The number of carbonyl (C=O) groups is 1. The molecule has 3 aromatic heterocycles. The molecule has 4 heterocycles. The van der Waals surface area contributed by atoms with Gasteiger partial charge >= 0.3 is 0 Å². The highest BCUT2D eigenvalue weighted by atomic mass is 19.1. The van der Waals surface area contributed by atoms with Crippen molar-refractivity contribution < 1.29 is 9.18 Å². The first-order valence-electron chi connectivity index (χ1n) is 10.7. The van der Waals surface area contributed by atoms with Crippen LogP contribution in [0.4, 0.5) is 15.9 Å². The van der Waals surface area contributed by atoms with E-state index in [0.717, 1.165) is 16.8 Å². The highest BCUT2D eigenvalue weighted by Gasteiger charge is 2.28. The minimum absolute atomic E-state index is 0.0796. The second-order valence-electron chi connectivity index (χ2n) is 7.74. The predicted molar refractivity (Wildman–Crippen MR) is 121 cm³/mol. The average molecular weight is 443 g/mol. The van der Waals surface area contributed by atoms with Gasteiger partial charge in [0.1, 0.15) is 17.3 Å². The number of fused-ring (bicyclic) bond motifs is 1. The van der Waals surface area contributed by atoms with Crippen LogP contribution in [0.2, 0.25) is 0 Å². The molecule has 0 aliphatic carbocycles. The summed E-state index contributed by atoms with van der Waals surface area (Å²) in [6.07, 6.45) is 7.27. The smallest absolute Gasteiger partial charge is 0.272 e. The largest absolute Gasteiger partial charge is 0.340 e. The summed E-state index contributed by atoms with van der Waals surface area (Å²) in [5.74, 6) is 0.747. The molecule has 33 heavy (non-hydrogen) atoms. The van der Waals surface area contributed by atoms with Crippen molar-refractivity contribution in [2.24, 2.45) is 0 Å². The lowest BCUT2D eigenvalue weighted by Crippen LogP contribution is -2.38. The van der Waals surface area contributed by atoms with Crippen LogP contribution in [0.3, 0.4) is 0 Å². The predicted octanol–water partition coefficient (Wildman–Crippen LogP) is 3.84. The summed E-state index contributed by atoms with van der Waals surface area (Å²) in [6, 6.07) is 9.82. The molecule has 0 bridgehead atoms. The summed E-state index contributed by atoms with van der Waals surface area (Å²) in [6.45, 7) is 3.54. The van der Waals surface area contributed by atoms with Crippen LogP contribution in [0.5, 0.6) is 0 Å². The number of benzene rings is 1. The van der Waals surface area contributed by atoms with Crippen LogP contribution in [0, 0.1) is 5.82 Å². The van der Waals surface area contributed by atoms with E-state index in [9.17, 15) is 9.18 Å². The molecule has 0 radical (unpaired) electrons. The minimum atomic E-state index is -0.314. The molecule has 0 fully saturated rings. The number of amides is 1. The Kier molecular flexibility index (Phi) is 5.52. The minimum Gasteiger partial charge on any atom is -0.340 e. The van der Waals surface area contributed by atoms with Crippen molar-refractivity contribution in [2.75, 3.05) is 11.9 Å². The van der Waals surface area contributed by atoms with Crippen molar-refractivity contribution in [1.29, 1.82) is 0 Å². The zero-order valence-electron chi connectivity index (χ0n) is 18.1. The van der Waals surface area contributed by atoms with E-state index in [1.54, 1.807) is 42.0 Å². The normalized spacial score (nSPS) is 13.0. The Hall–Kier alpha value is -4.14. The highest BCUT2D eigenvalue weighted by Crippen LogP contribution is 2.30. The maximum atomic E-state index is 13.4. The lowest BCUT2D eigenvalue weighted by molar-refractivity contribution is 0.0723. The van der Waals surface area contributed by atoms with Gasteiger partial charge in [-0.25, -0.2) is 19.3 Å². The number of halogens is 1. The Morgan fingerprint density at radius 3 is 2.73 bits per heavy atom. The van der Waals surface area contributed by atoms with Crippen molar-refractivity contribution in [3.8, 4) is 11.4 Å². The number of hydrogen-bond acceptors (Lipinski definition) is 6. The van der Waals surface area contributed by atoms with E-state index in [2.05, 4.69) is 15.3 Å². The van der Waals surface area contributed by atoms with Crippen LogP contribution in [0.25, 0.3) is 11.4 Å². The van der Waals surface area contributed by atoms with E-state index in [0.29, 0.717) is 49.1 Å². The Bertz CT molecular complexity index is 1290. The Balaban J connectivity index is 1.52. The standard InChI is InChI=1S/C24H22FN7O/c1-2-31-15-27-13-21(31)24(33)32-11-9-20-19(14-32)23(28-18-7-5-17(25)6-8-18)30-22(29-20)16-4-3-10-26-12-16/h3-8,10,12-13,15H,2,9,11,14H2,1H3,(H,28,29,30). The molecule has 4 aromatic rings. The zero-order valence-corrected chi connectivity index (χ0v) is 18.1. The maximum Gasteiger partial charge on any atom is 0.272 e. The van der Waals surface area contributed by atoms with E-state index in [1.807, 2.05) is 23.6 Å². The summed E-state index contributed by atoms with van der Waals surface area (Å²) >= 11 is 0. The third kappa shape index (κ3) is 4.17. The molecule has 1 aliphatic rings. The fourth-order valence-corrected chi connectivity index (χ4v) is 3.90. The van der Waals surface area contributed by atoms with E-state index in [1.165, 1.54) is 12.1 Å². The number of imidazole rings is 1. The molecule has 9 heteroatoms. The third-order valence-corrected chi connectivity index (χ3v) is 5.65. The first kappa shape index (κ1) is 20.7. The van der Waals surface area contributed by atoms with Gasteiger partial charge in [0.15, 0.2) is 5.82 Å². The molecule has 0 atom stereocenters. The average Bonchev–Trinajstić information content (AvgIpc) is 3.34. The molecule has 0 saturated heterocycles. The van der Waals surface area contributed by atoms with Crippen LogP contribution in [0.1, 0.15) is 28.7 Å². The summed E-state index contributed by atoms with van der Waals surface area (Å²) in [5.41, 5.74) is 3.77. The van der Waals surface area contributed by atoms with Gasteiger partial charge in [0.05, 0.1) is 24.8 Å². The molecular weight excluding hydrogens is 421 g/mol. The van der Waals surface area contributed by atoms with Gasteiger partial charge in [0.25, 0.3) is 5.91 Å². The Morgan fingerprint density at radius 1 is 1.12 bits per heavy atom. The van der Waals surface area contributed by atoms with Gasteiger partial charge in [-0.1, -0.05) is 0 Å². The topological polar surface area (TPSA) is 88.8 Å². The van der Waals surface area contributed by atoms with Gasteiger partial charge in [-0.2, -0.15) is 0 Å². The molecule has 1 amide bonds. The zero-order chi connectivity index (χ0) is 22.8. The van der Waals surface area contributed by atoms with Crippen LogP contribution < -0.4 is 5.32 Å². The van der Waals surface area contributed by atoms with E-state index in [-0.39, 0.29) is 11.7 Å². The number of anilines is 2. The molecule has 1 N–H and O–H groups in total. The fraction of sp³-hybridized carbons (Fsp3) is 0.208. The second kappa shape index (κ2) is 8.78. The molecule has 166 valence electrons. The van der Waals surface area contributed by atoms with E-state index >= 15 is 0 Å². The van der Waals surface area contributed by atoms with Crippen LogP contribution in [-0.4, -0.2) is 41.9 Å². The number of pyridine rings is 1. The number of nitrogens with zero attached hydrogens (tertiary/aromatic N) is 6. The lowest BCUT2D eigenvalue weighted by Gasteiger charge is -2.30. The number of nitrogens with one attached hydrogen (secondary N) is 1. The van der Waals surface area contributed by atoms with Gasteiger partial charge in [-0.3, -0.25) is 9.78 Å². The molecule has 1 aliphatic heterocycles. The summed E-state index contributed by atoms with van der Waals surface area (Å²) in [4.78, 5) is 32.8. The first-order valence-corrected chi connectivity index (χ1v) is 10.7. The quantitative estimate of drug-likeness (QED) is 0.504. The number of hydrogen-bond donors (Lipinski definition) is 1. The summed E-state index contributed by atoms with van der Waals surface area (Å²) < 4.78 is 15.2. The van der Waals surface area contributed by atoms with Crippen molar-refractivity contribution in [1.82, 2.24) is 29.4 Å². The fourth-order valence-electron chi connectivity index (χ4n) is 3.90. The number of aromatic nitrogens is 5. The second-order valence-corrected chi connectivity index (χ2v) is 7.74. The molecule has 1 aromatic carbocycles. The summed E-state index contributed by atoms with van der Waals surface area (Å²) in [5, 5.41) is 3.29. The van der Waals surface area contributed by atoms with Gasteiger partial charge in [0.2, 0.25) is 0 Å². The SMILES string of the molecule is CCn1cncc1C(=O)N1CCc2nc(-c3cccnc3)nc(Nc3ccc(F)cc3)c2C1. The van der Waals surface area contributed by atoms with E-state index < -0.39 is 0 Å². The van der Waals surface area contributed by atoms with Crippen LogP contribution in [0.15, 0.2) is 61.3 Å². The third-order valence-electron chi connectivity index (χ3n) is 5.65. The van der Waals surface area contributed by atoms with Gasteiger partial charge < -0.3 is 14.8 Å². The maximum absolute atomic E-state index is 13.4. The van der Waals surface area contributed by atoms with Crippen molar-refractivity contribution >= 4 is 17.4 Å². The van der Waals surface area contributed by atoms with Crippen LogP contribution in [-0.2, 0) is 19.5 Å². The first-order chi connectivity index (χ1) is 16.1. The highest BCUT2D eigenvalue weighted by molar-refractivity contribution is 5.92. The molecule has 0 spiro atoms. The molecule has 0 saturated carbocycles. The van der Waals surface area contributed by atoms with Crippen LogP contribution >= 0.6 is 0 Å². The summed E-state index contributed by atoms with van der Waals surface area (Å²) in [7, 11) is 0.